The molecule has 1 saturated heterocycles. The monoisotopic (exact) mass is 753 g/mol. The van der Waals surface area contributed by atoms with Crippen LogP contribution in [0.15, 0.2) is 36.5 Å². The molecule has 0 aromatic rings. The van der Waals surface area contributed by atoms with E-state index in [-0.39, 0.29) is 26.1 Å². The molecule has 0 spiro atoms. The number of aliphatic hydroxyl groups is 4. The van der Waals surface area contributed by atoms with Crippen molar-refractivity contribution in [2.75, 3.05) is 19.8 Å². The van der Waals surface area contributed by atoms with Crippen molar-refractivity contribution in [2.24, 2.45) is 0 Å². The molecule has 53 heavy (non-hydrogen) atoms. The van der Waals surface area contributed by atoms with Gasteiger partial charge in [-0.1, -0.05) is 121 Å². The third-order valence-electron chi connectivity index (χ3n) is 9.50. The lowest BCUT2D eigenvalue weighted by Crippen LogP contribution is -2.59. The maximum Gasteiger partial charge on any atom is 0.306 e. The van der Waals surface area contributed by atoms with Crippen molar-refractivity contribution >= 4 is 11.9 Å². The average molecular weight is 753 g/mol. The summed E-state index contributed by atoms with van der Waals surface area (Å²) in [4.78, 5) is 25.2. The van der Waals surface area contributed by atoms with Gasteiger partial charge in [-0.3, -0.25) is 9.59 Å². The Morgan fingerprint density at radius 2 is 1.06 bits per heavy atom. The van der Waals surface area contributed by atoms with E-state index in [0.717, 1.165) is 77.0 Å². The SMILES string of the molecule is CCCCCC=CCC=CCCCCCCCC(=O)OCC(COC1OC(CO)C(O)C(O)C1O)OC(=O)CCCCCCCC=CCCCCCC. The second-order valence-electron chi connectivity index (χ2n) is 14.4. The first-order chi connectivity index (χ1) is 25.8. The molecule has 0 amide bonds. The number of hydrogen-bond donors (Lipinski definition) is 4. The first-order valence-corrected chi connectivity index (χ1v) is 21.1. The molecule has 0 bridgehead atoms. The minimum absolute atomic E-state index is 0.216. The van der Waals surface area contributed by atoms with Gasteiger partial charge in [0.25, 0.3) is 0 Å². The molecule has 6 unspecified atom stereocenters. The number of allylic oxidation sites excluding steroid dienone is 6. The summed E-state index contributed by atoms with van der Waals surface area (Å²) >= 11 is 0. The lowest BCUT2D eigenvalue weighted by Gasteiger charge is -2.39. The fraction of sp³-hybridized carbons (Fsp3) is 0.814. The van der Waals surface area contributed by atoms with Crippen molar-refractivity contribution in [3.8, 4) is 0 Å². The van der Waals surface area contributed by atoms with Crippen LogP contribution in [0.1, 0.15) is 168 Å². The van der Waals surface area contributed by atoms with Crippen molar-refractivity contribution < 1.29 is 49.0 Å². The van der Waals surface area contributed by atoms with Gasteiger partial charge in [-0.15, -0.1) is 0 Å². The quantitative estimate of drug-likeness (QED) is 0.0287. The third-order valence-corrected chi connectivity index (χ3v) is 9.50. The van der Waals surface area contributed by atoms with E-state index in [4.69, 9.17) is 18.9 Å². The highest BCUT2D eigenvalue weighted by atomic mass is 16.7. The van der Waals surface area contributed by atoms with Gasteiger partial charge in [-0.2, -0.15) is 0 Å². The zero-order valence-corrected chi connectivity index (χ0v) is 33.3. The predicted molar refractivity (Wildman–Crippen MR) is 210 cm³/mol. The van der Waals surface area contributed by atoms with Gasteiger partial charge in [0.2, 0.25) is 0 Å². The molecule has 10 heteroatoms. The highest BCUT2D eigenvalue weighted by Gasteiger charge is 2.44. The van der Waals surface area contributed by atoms with Crippen molar-refractivity contribution in [2.45, 2.75) is 205 Å². The molecule has 0 radical (unpaired) electrons. The normalized spacial score (nSPS) is 21.2. The van der Waals surface area contributed by atoms with E-state index in [1.54, 1.807) is 0 Å². The van der Waals surface area contributed by atoms with Crippen LogP contribution in [0.4, 0.5) is 0 Å². The molecule has 1 rings (SSSR count). The zero-order chi connectivity index (χ0) is 38.8. The summed E-state index contributed by atoms with van der Waals surface area (Å²) in [6, 6.07) is 0. The minimum atomic E-state index is -1.60. The van der Waals surface area contributed by atoms with Gasteiger partial charge in [-0.25, -0.2) is 0 Å². The van der Waals surface area contributed by atoms with Gasteiger partial charge >= 0.3 is 11.9 Å². The van der Waals surface area contributed by atoms with Crippen LogP contribution in [0, 0.1) is 0 Å². The van der Waals surface area contributed by atoms with E-state index in [1.807, 2.05) is 0 Å². The van der Waals surface area contributed by atoms with E-state index in [2.05, 4.69) is 50.3 Å². The Bertz CT molecular complexity index is 965. The van der Waals surface area contributed by atoms with Crippen LogP contribution in [0.25, 0.3) is 0 Å². The highest BCUT2D eigenvalue weighted by molar-refractivity contribution is 5.70. The van der Waals surface area contributed by atoms with E-state index in [1.165, 1.54) is 51.4 Å². The molecule has 0 saturated carbocycles. The molecule has 6 atom stereocenters. The fourth-order valence-corrected chi connectivity index (χ4v) is 6.09. The topological polar surface area (TPSA) is 152 Å². The summed E-state index contributed by atoms with van der Waals surface area (Å²) in [6.07, 6.45) is 30.0. The van der Waals surface area contributed by atoms with E-state index in [9.17, 15) is 30.0 Å². The second-order valence-corrected chi connectivity index (χ2v) is 14.4. The largest absolute Gasteiger partial charge is 0.462 e. The Balaban J connectivity index is 2.38. The summed E-state index contributed by atoms with van der Waals surface area (Å²) in [5, 5.41) is 40.0. The Morgan fingerprint density at radius 3 is 1.62 bits per heavy atom. The summed E-state index contributed by atoms with van der Waals surface area (Å²) < 4.78 is 22.1. The first-order valence-electron chi connectivity index (χ1n) is 21.1. The van der Waals surface area contributed by atoms with Gasteiger partial charge < -0.3 is 39.4 Å². The Hall–Kier alpha value is -2.08. The van der Waals surface area contributed by atoms with Gasteiger partial charge in [0, 0.05) is 12.8 Å². The maximum atomic E-state index is 12.7. The van der Waals surface area contributed by atoms with Crippen molar-refractivity contribution in [1.29, 1.82) is 0 Å². The number of carbonyl (C=O) groups excluding carboxylic acids is 2. The summed E-state index contributed by atoms with van der Waals surface area (Å²) in [5.74, 6) is -0.834. The average Bonchev–Trinajstić information content (AvgIpc) is 3.15. The van der Waals surface area contributed by atoms with Gasteiger partial charge in [0.15, 0.2) is 12.4 Å². The number of esters is 2. The Kier molecular flexibility index (Phi) is 31.8. The number of aliphatic hydroxyl groups excluding tert-OH is 4. The molecule has 1 fully saturated rings. The van der Waals surface area contributed by atoms with Crippen LogP contribution in [0.3, 0.4) is 0 Å². The number of ether oxygens (including phenoxy) is 4. The van der Waals surface area contributed by atoms with E-state index >= 15 is 0 Å². The molecular weight excluding hydrogens is 676 g/mol. The minimum Gasteiger partial charge on any atom is -0.462 e. The van der Waals surface area contributed by atoms with Crippen LogP contribution < -0.4 is 0 Å². The van der Waals surface area contributed by atoms with Crippen LogP contribution >= 0.6 is 0 Å². The summed E-state index contributed by atoms with van der Waals surface area (Å²) in [5.41, 5.74) is 0. The molecule has 1 aliphatic heterocycles. The predicted octanol–water partition coefficient (Wildman–Crippen LogP) is 8.33. The van der Waals surface area contributed by atoms with E-state index in [0.29, 0.717) is 12.8 Å². The van der Waals surface area contributed by atoms with Crippen molar-refractivity contribution in [3.63, 3.8) is 0 Å². The molecule has 308 valence electrons. The standard InChI is InChI=1S/C43H76O10/c1-3-5-7-9-11-13-15-17-18-20-21-23-25-27-29-31-38(45)50-34-36(35-51-43-42(49)41(48)40(47)37(33-44)53-43)52-39(46)32-30-28-26-24-22-19-16-14-12-10-8-6-4-2/h11,13-14,16-18,36-37,40-44,47-49H,3-10,12,15,19-35H2,1-2H3. The molecule has 0 aromatic heterocycles. The molecule has 0 aliphatic carbocycles. The van der Waals surface area contributed by atoms with Crippen LogP contribution in [0.5, 0.6) is 0 Å². The van der Waals surface area contributed by atoms with Gasteiger partial charge in [-0.05, 0) is 70.6 Å². The van der Waals surface area contributed by atoms with Crippen molar-refractivity contribution in [3.05, 3.63) is 36.5 Å². The Morgan fingerprint density at radius 1 is 0.585 bits per heavy atom. The number of carbonyl (C=O) groups is 2. The third kappa shape index (κ3) is 26.4. The smallest absolute Gasteiger partial charge is 0.306 e. The van der Waals surface area contributed by atoms with Crippen LogP contribution in [0.2, 0.25) is 0 Å². The van der Waals surface area contributed by atoms with Gasteiger partial charge in [0.1, 0.15) is 31.0 Å². The molecule has 1 heterocycles. The van der Waals surface area contributed by atoms with Gasteiger partial charge in [0.05, 0.1) is 13.2 Å². The number of hydrogen-bond acceptors (Lipinski definition) is 10. The summed E-state index contributed by atoms with van der Waals surface area (Å²) in [7, 11) is 0. The maximum absolute atomic E-state index is 12.7. The fourth-order valence-electron chi connectivity index (χ4n) is 6.09. The second kappa shape index (κ2) is 34.4. The molecule has 10 nitrogen and oxygen atoms in total. The van der Waals surface area contributed by atoms with Crippen LogP contribution in [-0.4, -0.2) is 89.0 Å². The van der Waals surface area contributed by atoms with E-state index < -0.39 is 55.4 Å². The van der Waals surface area contributed by atoms with Crippen LogP contribution in [-0.2, 0) is 28.5 Å². The molecule has 0 aromatic carbocycles. The first kappa shape index (κ1) is 48.9. The Labute approximate surface area is 321 Å². The number of unbranched alkanes of at least 4 members (excludes halogenated alkanes) is 17. The number of rotatable bonds is 34. The lowest BCUT2D eigenvalue weighted by atomic mass is 9.99. The molecular formula is C43H76O10. The van der Waals surface area contributed by atoms with Crippen molar-refractivity contribution in [1.82, 2.24) is 0 Å². The highest BCUT2D eigenvalue weighted by Crippen LogP contribution is 2.22. The zero-order valence-electron chi connectivity index (χ0n) is 33.3. The molecule has 1 aliphatic rings. The molecule has 4 N–H and O–H groups in total. The summed E-state index contributed by atoms with van der Waals surface area (Å²) in [6.45, 7) is 3.34. The lowest BCUT2D eigenvalue weighted by molar-refractivity contribution is -0.305.